The lowest BCUT2D eigenvalue weighted by molar-refractivity contribution is -0.115. The normalized spacial score (nSPS) is 11.6. The lowest BCUT2D eigenvalue weighted by Gasteiger charge is -2.17. The van der Waals surface area contributed by atoms with Crippen LogP contribution >= 0.6 is 69.5 Å². The Kier molecular flexibility index (Phi) is 10.3. The number of nitrogens with one attached hydrogen (secondary N) is 2. The van der Waals surface area contributed by atoms with Crippen LogP contribution in [0.25, 0.3) is 11.3 Å². The average molecular weight is 721 g/mol. The topological polar surface area (TPSA) is 108 Å². The quantitative estimate of drug-likeness (QED) is 0.0795. The number of nitrogens with zero attached hydrogens (tertiary/aromatic N) is 1. The van der Waals surface area contributed by atoms with Crippen LogP contribution in [-0.4, -0.2) is 27.9 Å². The number of hydrogen-bond donors (Lipinski definition) is 3. The summed E-state index contributed by atoms with van der Waals surface area (Å²) in [5, 5.41) is 15.3. The molecule has 0 fully saturated rings. The predicted molar refractivity (Wildman–Crippen MR) is 179 cm³/mol. The van der Waals surface area contributed by atoms with Crippen molar-refractivity contribution in [2.45, 2.75) is 10.1 Å². The Hall–Kier alpha value is -3.64. The second-order valence-corrected chi connectivity index (χ2v) is 12.8. The average Bonchev–Trinajstić information content (AvgIpc) is 3.50. The van der Waals surface area contributed by atoms with E-state index in [0.717, 1.165) is 11.1 Å². The highest BCUT2D eigenvalue weighted by molar-refractivity contribution is 8.00. The van der Waals surface area contributed by atoms with Crippen LogP contribution in [0.2, 0.25) is 20.1 Å². The van der Waals surface area contributed by atoms with Crippen molar-refractivity contribution in [1.82, 2.24) is 4.98 Å². The van der Waals surface area contributed by atoms with Gasteiger partial charge in [-0.15, -0.1) is 23.1 Å². The maximum absolute atomic E-state index is 13.5. The van der Waals surface area contributed by atoms with Gasteiger partial charge in [0.15, 0.2) is 5.13 Å². The summed E-state index contributed by atoms with van der Waals surface area (Å²) in [4.78, 5) is 43.6. The Morgan fingerprint density at radius 2 is 1.42 bits per heavy atom. The number of carboxylic acids is 1. The number of benzene rings is 4. The maximum atomic E-state index is 13.5. The van der Waals surface area contributed by atoms with Crippen molar-refractivity contribution in [2.24, 2.45) is 0 Å². The fourth-order valence-corrected chi connectivity index (χ4v) is 6.91. The number of rotatable bonds is 9. The number of anilines is 2. The van der Waals surface area contributed by atoms with Crippen LogP contribution in [0.15, 0.2) is 89.1 Å². The molecule has 1 heterocycles. The first kappa shape index (κ1) is 32.7. The summed E-state index contributed by atoms with van der Waals surface area (Å²) in [5.74, 6) is -3.03. The second-order valence-electron chi connectivity index (χ2n) is 9.23. The minimum atomic E-state index is -1.51. The Labute approximate surface area is 284 Å². The number of carbonyl (C=O) groups is 3. The molecule has 45 heavy (non-hydrogen) atoms. The minimum Gasteiger partial charge on any atom is -0.478 e. The van der Waals surface area contributed by atoms with Gasteiger partial charge >= 0.3 is 5.97 Å². The van der Waals surface area contributed by atoms with E-state index >= 15 is 0 Å². The van der Waals surface area contributed by atoms with Crippen molar-refractivity contribution in [3.8, 4) is 11.3 Å². The molecule has 1 aromatic heterocycles. The number of halogens is 5. The Bertz CT molecular complexity index is 1910. The van der Waals surface area contributed by atoms with Crippen molar-refractivity contribution >= 4 is 98.1 Å². The maximum Gasteiger partial charge on any atom is 0.338 e. The first-order valence-electron chi connectivity index (χ1n) is 12.8. The van der Waals surface area contributed by atoms with Crippen LogP contribution in [-0.2, 0) is 4.79 Å². The number of carboxylic acid groups (broad SMARTS) is 1. The van der Waals surface area contributed by atoms with E-state index < -0.39 is 33.3 Å². The smallest absolute Gasteiger partial charge is 0.338 e. The van der Waals surface area contributed by atoms with Crippen LogP contribution in [0.5, 0.6) is 0 Å². The summed E-state index contributed by atoms with van der Waals surface area (Å²) in [6.45, 7) is 0. The molecule has 14 heteroatoms. The van der Waals surface area contributed by atoms with E-state index in [1.807, 2.05) is 30.3 Å². The van der Waals surface area contributed by atoms with Gasteiger partial charge in [0.1, 0.15) is 11.1 Å². The summed E-state index contributed by atoms with van der Waals surface area (Å²) in [5.41, 5.74) is 1.38. The van der Waals surface area contributed by atoms with E-state index in [1.54, 1.807) is 41.8 Å². The van der Waals surface area contributed by atoms with Gasteiger partial charge in [-0.25, -0.2) is 14.2 Å². The number of amides is 2. The van der Waals surface area contributed by atoms with Crippen molar-refractivity contribution in [3.05, 3.63) is 127 Å². The third kappa shape index (κ3) is 7.44. The summed E-state index contributed by atoms with van der Waals surface area (Å²) < 4.78 is 13.3. The van der Waals surface area contributed by atoms with Gasteiger partial charge in [0, 0.05) is 21.5 Å². The fraction of sp³-hybridized carbons (Fsp3) is 0.0323. The monoisotopic (exact) mass is 719 g/mol. The van der Waals surface area contributed by atoms with Crippen LogP contribution in [0.3, 0.4) is 0 Å². The zero-order valence-electron chi connectivity index (χ0n) is 22.5. The van der Waals surface area contributed by atoms with E-state index in [2.05, 4.69) is 15.6 Å². The van der Waals surface area contributed by atoms with Crippen LogP contribution < -0.4 is 10.6 Å². The van der Waals surface area contributed by atoms with Crippen molar-refractivity contribution in [2.75, 3.05) is 10.6 Å². The molecule has 5 rings (SSSR count). The third-order valence-electron chi connectivity index (χ3n) is 6.29. The van der Waals surface area contributed by atoms with E-state index in [4.69, 9.17) is 46.4 Å². The molecule has 1 unspecified atom stereocenters. The highest BCUT2D eigenvalue weighted by Gasteiger charge is 2.29. The molecule has 0 saturated heterocycles. The van der Waals surface area contributed by atoms with Gasteiger partial charge < -0.3 is 15.7 Å². The SMILES string of the molecule is O=C(O)c1c(Cl)c(Cl)c(Cl)c(Cl)c1C(=O)Nc1ccc(SC(C(=O)Nc2nc(-c3ccc(F)cc3)cs2)c2ccccc2)cc1. The first-order valence-corrected chi connectivity index (χ1v) is 16.0. The van der Waals surface area contributed by atoms with Gasteiger partial charge in [0.2, 0.25) is 5.91 Å². The molecule has 7 nitrogen and oxygen atoms in total. The van der Waals surface area contributed by atoms with Gasteiger partial charge in [0.25, 0.3) is 5.91 Å². The molecule has 0 spiro atoms. The number of carbonyl (C=O) groups excluding carboxylic acids is 2. The standard InChI is InChI=1S/C31H18Cl4FN3O4S2/c32-23-21(22(30(42)43)24(33)26(35)25(23)34)28(40)37-18-10-12-19(13-11-18)45-27(16-4-2-1-3-5-16)29(41)39-31-38-20(14-44-31)15-6-8-17(36)9-7-15/h1-14,27H,(H,37,40)(H,42,43)(H,38,39,41). The zero-order chi connectivity index (χ0) is 32.2. The summed E-state index contributed by atoms with van der Waals surface area (Å²) >= 11 is 26.8. The third-order valence-corrected chi connectivity index (χ3v) is 10.1. The van der Waals surface area contributed by atoms with Gasteiger partial charge in [-0.2, -0.15) is 0 Å². The second kappa shape index (κ2) is 14.2. The first-order chi connectivity index (χ1) is 21.5. The number of thiazole rings is 1. The summed E-state index contributed by atoms with van der Waals surface area (Å²) in [6, 6.07) is 21.7. The zero-order valence-corrected chi connectivity index (χ0v) is 27.1. The number of aromatic carboxylic acids is 1. The summed E-state index contributed by atoms with van der Waals surface area (Å²) in [6.07, 6.45) is 0. The summed E-state index contributed by atoms with van der Waals surface area (Å²) in [7, 11) is 0. The van der Waals surface area contributed by atoms with E-state index in [1.165, 1.54) is 35.2 Å². The van der Waals surface area contributed by atoms with E-state index in [-0.39, 0.29) is 26.8 Å². The Balaban J connectivity index is 1.34. The molecule has 0 aliphatic carbocycles. The predicted octanol–water partition coefficient (Wildman–Crippen LogP) is 9.99. The molecular weight excluding hydrogens is 703 g/mol. The Morgan fingerprint density at radius 3 is 2.04 bits per heavy atom. The molecule has 0 saturated carbocycles. The Morgan fingerprint density at radius 1 is 0.800 bits per heavy atom. The molecule has 3 N–H and O–H groups in total. The van der Waals surface area contributed by atoms with Crippen LogP contribution in [0.4, 0.5) is 15.2 Å². The van der Waals surface area contributed by atoms with Gasteiger partial charge in [-0.1, -0.05) is 76.7 Å². The molecule has 0 aliphatic heterocycles. The van der Waals surface area contributed by atoms with E-state index in [0.29, 0.717) is 21.4 Å². The lowest BCUT2D eigenvalue weighted by Crippen LogP contribution is -2.19. The number of thioether (sulfide) groups is 1. The highest BCUT2D eigenvalue weighted by atomic mass is 35.5. The largest absolute Gasteiger partial charge is 0.478 e. The lowest BCUT2D eigenvalue weighted by atomic mass is 10.1. The number of hydrogen-bond acceptors (Lipinski definition) is 6. The van der Waals surface area contributed by atoms with Crippen LogP contribution in [0.1, 0.15) is 31.5 Å². The molecule has 5 aromatic rings. The van der Waals surface area contributed by atoms with E-state index in [9.17, 15) is 23.9 Å². The molecule has 2 amide bonds. The van der Waals surface area contributed by atoms with Crippen molar-refractivity contribution in [3.63, 3.8) is 0 Å². The van der Waals surface area contributed by atoms with Gasteiger partial charge in [-0.3, -0.25) is 9.59 Å². The highest BCUT2D eigenvalue weighted by Crippen LogP contribution is 2.42. The fourth-order valence-electron chi connectivity index (χ4n) is 4.15. The molecule has 4 aromatic carbocycles. The van der Waals surface area contributed by atoms with Crippen molar-refractivity contribution < 1.29 is 23.9 Å². The molecule has 0 aliphatic rings. The van der Waals surface area contributed by atoms with Gasteiger partial charge in [-0.05, 0) is 54.1 Å². The molecule has 228 valence electrons. The van der Waals surface area contributed by atoms with Crippen molar-refractivity contribution in [1.29, 1.82) is 0 Å². The molecular formula is C31H18Cl4FN3O4S2. The minimum absolute atomic E-state index is 0.250. The number of aromatic nitrogens is 1. The molecule has 0 bridgehead atoms. The molecule has 0 radical (unpaired) electrons. The molecule has 1 atom stereocenters. The van der Waals surface area contributed by atoms with Gasteiger partial charge in [0.05, 0.1) is 36.9 Å². The van der Waals surface area contributed by atoms with Crippen LogP contribution in [0, 0.1) is 5.82 Å².